The summed E-state index contributed by atoms with van der Waals surface area (Å²) in [6.45, 7) is 1.77. The first-order valence-electron chi connectivity index (χ1n) is 12.5. The number of aromatic amines is 1. The van der Waals surface area contributed by atoms with Crippen LogP contribution in [0.1, 0.15) is 40.4 Å². The lowest BCUT2D eigenvalue weighted by molar-refractivity contribution is -0.577. The van der Waals surface area contributed by atoms with Gasteiger partial charge in [0.15, 0.2) is 11.4 Å². The van der Waals surface area contributed by atoms with Gasteiger partial charge in [0, 0.05) is 18.7 Å². The van der Waals surface area contributed by atoms with Gasteiger partial charge in [-0.1, -0.05) is 30.2 Å². The van der Waals surface area contributed by atoms with Crippen molar-refractivity contribution in [2.24, 2.45) is 7.05 Å². The number of carbonyl (C=O) groups is 1. The second-order valence-electron chi connectivity index (χ2n) is 9.14. The summed E-state index contributed by atoms with van der Waals surface area (Å²) < 4.78 is 4.74. The van der Waals surface area contributed by atoms with Crippen LogP contribution in [0.3, 0.4) is 0 Å². The largest absolute Gasteiger partial charge is 0.382 e. The number of hydrogen-bond acceptors (Lipinski definition) is 6. The molecule has 4 aromatic heterocycles. The van der Waals surface area contributed by atoms with E-state index in [0.717, 1.165) is 0 Å². The van der Waals surface area contributed by atoms with E-state index in [0.29, 0.717) is 39.3 Å². The Morgan fingerprint density at radius 1 is 1.07 bits per heavy atom. The molecule has 2 aromatic carbocycles. The number of nitrogens with two attached hydrogens (primary N) is 1. The maximum Gasteiger partial charge on any atom is 0.362 e. The van der Waals surface area contributed by atoms with E-state index in [1.54, 1.807) is 72.1 Å². The first-order valence-corrected chi connectivity index (χ1v) is 12.5. The Morgan fingerprint density at radius 3 is 2.67 bits per heavy atom. The fraction of sp³-hybridized carbons (Fsp3) is 0.103. The molecule has 0 aliphatic carbocycles. The zero-order valence-corrected chi connectivity index (χ0v) is 21.7. The molecule has 0 fully saturated rings. The molecule has 11 heteroatoms. The lowest BCUT2D eigenvalue weighted by Gasteiger charge is -2.19. The summed E-state index contributed by atoms with van der Waals surface area (Å²) in [6, 6.07) is 17.4. The summed E-state index contributed by atoms with van der Waals surface area (Å²) in [5, 5.41) is 10.4. The number of aromatic nitrogens is 7. The van der Waals surface area contributed by atoms with E-state index in [2.05, 4.69) is 32.3 Å². The third kappa shape index (κ3) is 4.23. The minimum Gasteiger partial charge on any atom is -0.382 e. The number of amides is 1. The van der Waals surface area contributed by atoms with Crippen molar-refractivity contribution in [1.29, 1.82) is 0 Å². The molecule has 1 atom stereocenters. The Balaban J connectivity index is 1.48. The Labute approximate surface area is 227 Å². The first kappa shape index (κ1) is 24.6. The molecule has 4 N–H and O–H groups in total. The topological polar surface area (TPSA) is 141 Å². The number of fused-ring (bicyclic) bond motifs is 2. The third-order valence-electron chi connectivity index (χ3n) is 6.53. The number of benzene rings is 2. The fourth-order valence-corrected chi connectivity index (χ4v) is 4.61. The summed E-state index contributed by atoms with van der Waals surface area (Å²) >= 11 is 0. The molecule has 0 saturated carbocycles. The lowest BCUT2D eigenvalue weighted by Crippen LogP contribution is -2.34. The van der Waals surface area contributed by atoms with Gasteiger partial charge in [-0.2, -0.15) is 5.10 Å². The molecule has 0 saturated heterocycles. The number of anilines is 1. The highest BCUT2D eigenvalue weighted by atomic mass is 16.2. The maximum absolute atomic E-state index is 14.1. The molecule has 196 valence electrons. The van der Waals surface area contributed by atoms with Crippen LogP contribution in [-0.4, -0.2) is 35.3 Å². The number of nitrogen functional groups attached to an aromatic ring is 1. The predicted molar refractivity (Wildman–Crippen MR) is 149 cm³/mol. The predicted octanol–water partition coefficient (Wildman–Crippen LogP) is 2.05. The number of nitrogens with zero attached hydrogens (tertiary/aromatic N) is 6. The van der Waals surface area contributed by atoms with Crippen molar-refractivity contribution in [2.75, 3.05) is 5.73 Å². The van der Waals surface area contributed by atoms with Crippen LogP contribution in [0.5, 0.6) is 0 Å². The summed E-state index contributed by atoms with van der Waals surface area (Å²) in [7, 11) is 1.80. The maximum atomic E-state index is 14.1. The van der Waals surface area contributed by atoms with Crippen molar-refractivity contribution in [2.45, 2.75) is 13.0 Å². The van der Waals surface area contributed by atoms with Crippen molar-refractivity contribution in [3.63, 3.8) is 0 Å². The molecule has 1 amide bonds. The minimum absolute atomic E-state index is 0.173. The van der Waals surface area contributed by atoms with Crippen molar-refractivity contribution >= 4 is 28.3 Å². The molecule has 0 radical (unpaired) electrons. The molecule has 0 aliphatic heterocycles. The average molecular weight is 531 g/mol. The van der Waals surface area contributed by atoms with Crippen LogP contribution < -0.4 is 21.1 Å². The van der Waals surface area contributed by atoms with E-state index in [1.807, 2.05) is 30.3 Å². The number of rotatable bonds is 4. The van der Waals surface area contributed by atoms with Gasteiger partial charge >= 0.3 is 5.65 Å². The molecule has 0 spiro atoms. The second kappa shape index (κ2) is 9.85. The van der Waals surface area contributed by atoms with Gasteiger partial charge in [0.1, 0.15) is 23.9 Å². The van der Waals surface area contributed by atoms with Crippen LogP contribution in [0.2, 0.25) is 0 Å². The van der Waals surface area contributed by atoms with Crippen LogP contribution in [0.4, 0.5) is 5.82 Å². The molecule has 0 aliphatic rings. The van der Waals surface area contributed by atoms with Gasteiger partial charge in [-0.3, -0.25) is 18.8 Å². The molecule has 11 nitrogen and oxygen atoms in total. The van der Waals surface area contributed by atoms with E-state index >= 15 is 0 Å². The quantitative estimate of drug-likeness (QED) is 0.235. The zero-order valence-electron chi connectivity index (χ0n) is 21.7. The second-order valence-corrected chi connectivity index (χ2v) is 9.14. The number of H-pyrrole nitrogens is 1. The molecule has 0 bridgehead atoms. The number of nitrogens with one attached hydrogen (secondary N) is 2. The van der Waals surface area contributed by atoms with Crippen molar-refractivity contribution in [1.82, 2.24) is 34.7 Å². The van der Waals surface area contributed by atoms with Gasteiger partial charge in [-0.15, -0.1) is 4.52 Å². The zero-order chi connectivity index (χ0) is 27.8. The van der Waals surface area contributed by atoms with Crippen molar-refractivity contribution in [3.8, 4) is 17.5 Å². The first-order chi connectivity index (χ1) is 19.4. The number of hydrogen-bond donors (Lipinski definition) is 3. The normalized spacial score (nSPS) is 11.8. The van der Waals surface area contributed by atoms with Crippen LogP contribution in [0.15, 0.2) is 84.0 Å². The Kier molecular flexibility index (Phi) is 6.05. The number of para-hydroxylation sites is 1. The smallest absolute Gasteiger partial charge is 0.362 e. The molecule has 40 heavy (non-hydrogen) atoms. The summed E-state index contributed by atoms with van der Waals surface area (Å²) in [5.41, 5.74) is 8.73. The van der Waals surface area contributed by atoms with Crippen LogP contribution in [-0.2, 0) is 7.05 Å². The SMILES string of the molecule is CC(NC(=O)c1c(N)[nH][n+]2cccnc12)c1nc2cccc(C#Cc3ccnn3C)c2c(=O)n1-c1ccccc1. The summed E-state index contributed by atoms with van der Waals surface area (Å²) in [4.78, 5) is 36.7. The van der Waals surface area contributed by atoms with Gasteiger partial charge in [0.2, 0.25) is 0 Å². The standard InChI is InChI=1S/C29H23N9O2/c1-18(33-28(39)24-25(30)35-37-17-7-15-31-27(24)37)26-34-22-11-6-8-19(12-13-20-14-16-32-36(20)2)23(22)29(40)38(26)21-9-4-3-5-10-21/h3-11,14-18H,1-2H3,(H3,30,33,35,39)/p+1. The molecule has 6 aromatic rings. The van der Waals surface area contributed by atoms with Gasteiger partial charge in [-0.25, -0.2) is 10.1 Å². The lowest BCUT2D eigenvalue weighted by atomic mass is 10.1. The molecular formula is C29H24N9O2+. The minimum atomic E-state index is -0.674. The van der Waals surface area contributed by atoms with Gasteiger partial charge in [-0.05, 0) is 48.2 Å². The Bertz CT molecular complexity index is 2030. The highest BCUT2D eigenvalue weighted by Gasteiger charge is 2.27. The van der Waals surface area contributed by atoms with Gasteiger partial charge in [0.05, 0.1) is 28.8 Å². The van der Waals surface area contributed by atoms with E-state index in [9.17, 15) is 9.59 Å². The van der Waals surface area contributed by atoms with Crippen molar-refractivity contribution in [3.05, 3.63) is 112 Å². The highest BCUT2D eigenvalue weighted by molar-refractivity contribution is 6.03. The van der Waals surface area contributed by atoms with Gasteiger partial charge in [0.25, 0.3) is 11.5 Å². The van der Waals surface area contributed by atoms with Crippen LogP contribution in [0.25, 0.3) is 22.2 Å². The molecule has 6 rings (SSSR count). The monoisotopic (exact) mass is 530 g/mol. The number of carbonyl (C=O) groups excluding carboxylic acids is 1. The number of aryl methyl sites for hydroxylation is 1. The van der Waals surface area contributed by atoms with Crippen LogP contribution >= 0.6 is 0 Å². The summed E-state index contributed by atoms with van der Waals surface area (Å²) in [6.07, 6.45) is 4.96. The van der Waals surface area contributed by atoms with E-state index in [-0.39, 0.29) is 16.9 Å². The molecule has 1 unspecified atom stereocenters. The van der Waals surface area contributed by atoms with Crippen molar-refractivity contribution < 1.29 is 9.31 Å². The molecule has 4 heterocycles. The summed E-state index contributed by atoms with van der Waals surface area (Å²) in [5.74, 6) is 6.27. The van der Waals surface area contributed by atoms with E-state index in [1.165, 1.54) is 4.57 Å². The molecular weight excluding hydrogens is 506 g/mol. The average Bonchev–Trinajstić information content (AvgIpc) is 3.53. The van der Waals surface area contributed by atoms with Crippen LogP contribution in [0, 0.1) is 11.8 Å². The fourth-order valence-electron chi connectivity index (χ4n) is 4.61. The van der Waals surface area contributed by atoms with E-state index < -0.39 is 11.9 Å². The van der Waals surface area contributed by atoms with Gasteiger partial charge < -0.3 is 11.1 Å². The Hall–Kier alpha value is -5.76. The highest BCUT2D eigenvalue weighted by Crippen LogP contribution is 2.21. The Morgan fingerprint density at radius 2 is 1.90 bits per heavy atom. The third-order valence-corrected chi connectivity index (χ3v) is 6.53. The van der Waals surface area contributed by atoms with E-state index in [4.69, 9.17) is 10.7 Å².